The number of methoxy groups -OCH3 is 2. The third kappa shape index (κ3) is 4.69. The van der Waals surface area contributed by atoms with E-state index in [2.05, 4.69) is 0 Å². The molecule has 0 radical (unpaired) electrons. The van der Waals surface area contributed by atoms with Gasteiger partial charge in [0.15, 0.2) is 6.29 Å². The fourth-order valence-electron chi connectivity index (χ4n) is 2.40. The van der Waals surface area contributed by atoms with Crippen LogP contribution in [-0.4, -0.2) is 56.1 Å². The Morgan fingerprint density at radius 2 is 1.86 bits per heavy atom. The molecule has 1 aliphatic heterocycles. The van der Waals surface area contributed by atoms with Gasteiger partial charge in [0, 0.05) is 33.7 Å². The number of hydrogen-bond donors (Lipinski definition) is 0. The maximum Gasteiger partial charge on any atom is 0.344 e. The van der Waals surface area contributed by atoms with Crippen molar-refractivity contribution < 1.29 is 19.1 Å². The summed E-state index contributed by atoms with van der Waals surface area (Å²) in [4.78, 5) is 19.6. The van der Waals surface area contributed by atoms with Gasteiger partial charge in [-0.3, -0.25) is 4.84 Å². The number of benzene rings is 1. The second-order valence-corrected chi connectivity index (χ2v) is 5.17. The Kier molecular flexibility index (Phi) is 6.64. The van der Waals surface area contributed by atoms with E-state index in [0.29, 0.717) is 26.2 Å². The molecule has 22 heavy (non-hydrogen) atoms. The molecule has 0 unspecified atom stereocenters. The van der Waals surface area contributed by atoms with Gasteiger partial charge in [-0.25, -0.2) is 9.86 Å². The lowest BCUT2D eigenvalue weighted by atomic mass is 10.2. The first kappa shape index (κ1) is 16.7. The Morgan fingerprint density at radius 1 is 1.14 bits per heavy atom. The van der Waals surface area contributed by atoms with Crippen LogP contribution in [0, 0.1) is 0 Å². The van der Waals surface area contributed by atoms with E-state index >= 15 is 0 Å². The molecule has 0 aromatic heterocycles. The molecule has 2 amide bonds. The minimum Gasteiger partial charge on any atom is -0.356 e. The van der Waals surface area contributed by atoms with E-state index < -0.39 is 0 Å². The molecule has 6 nitrogen and oxygen atoms in total. The maximum absolute atomic E-state index is 12.2. The molecule has 1 fully saturated rings. The minimum atomic E-state index is -0.205. The van der Waals surface area contributed by atoms with Crippen molar-refractivity contribution in [3.05, 3.63) is 35.9 Å². The number of carbonyl (C=O) groups is 1. The molecule has 0 spiro atoms. The number of nitrogens with zero attached hydrogens (tertiary/aromatic N) is 2. The number of amides is 2. The second-order valence-electron chi connectivity index (χ2n) is 5.17. The van der Waals surface area contributed by atoms with Gasteiger partial charge in [-0.2, -0.15) is 0 Å². The van der Waals surface area contributed by atoms with Gasteiger partial charge < -0.3 is 14.4 Å². The van der Waals surface area contributed by atoms with Crippen molar-refractivity contribution in [3.8, 4) is 0 Å². The van der Waals surface area contributed by atoms with E-state index in [1.54, 1.807) is 19.1 Å². The van der Waals surface area contributed by atoms with Gasteiger partial charge in [0.05, 0.1) is 6.54 Å². The summed E-state index contributed by atoms with van der Waals surface area (Å²) in [5.74, 6) is 0. The average molecular weight is 308 g/mol. The summed E-state index contributed by atoms with van der Waals surface area (Å²) >= 11 is 0. The Hall–Kier alpha value is -1.63. The molecule has 1 heterocycles. The predicted molar refractivity (Wildman–Crippen MR) is 81.9 cm³/mol. The van der Waals surface area contributed by atoms with Crippen LogP contribution in [0.1, 0.15) is 18.4 Å². The molecule has 122 valence electrons. The van der Waals surface area contributed by atoms with Gasteiger partial charge in [0.25, 0.3) is 0 Å². The van der Waals surface area contributed by atoms with Crippen LogP contribution in [0.15, 0.2) is 30.3 Å². The SMILES string of the molecule is COC(CCCN1CCN(OCc2ccccc2)C1=O)OC. The van der Waals surface area contributed by atoms with Gasteiger partial charge in [-0.15, -0.1) is 0 Å². The molecular formula is C16H24N2O4. The van der Waals surface area contributed by atoms with Gasteiger partial charge in [-0.05, 0) is 12.0 Å². The molecule has 0 bridgehead atoms. The fraction of sp³-hybridized carbons (Fsp3) is 0.562. The van der Waals surface area contributed by atoms with Crippen molar-refractivity contribution in [1.29, 1.82) is 0 Å². The Morgan fingerprint density at radius 3 is 2.55 bits per heavy atom. The number of rotatable bonds is 9. The molecule has 1 saturated heterocycles. The first-order chi connectivity index (χ1) is 10.7. The summed E-state index contributed by atoms with van der Waals surface area (Å²) in [6, 6.07) is 9.77. The topological polar surface area (TPSA) is 51.2 Å². The van der Waals surface area contributed by atoms with Crippen LogP contribution in [-0.2, 0) is 20.9 Å². The minimum absolute atomic E-state index is 0.0673. The van der Waals surface area contributed by atoms with E-state index in [4.69, 9.17) is 14.3 Å². The number of carbonyl (C=O) groups excluding carboxylic acids is 1. The first-order valence-corrected chi connectivity index (χ1v) is 7.53. The molecule has 1 aromatic rings. The summed E-state index contributed by atoms with van der Waals surface area (Å²) < 4.78 is 10.3. The highest BCUT2D eigenvalue weighted by atomic mass is 16.7. The van der Waals surface area contributed by atoms with Crippen LogP contribution in [0.2, 0.25) is 0 Å². The highest BCUT2D eigenvalue weighted by Gasteiger charge is 2.29. The van der Waals surface area contributed by atoms with E-state index in [0.717, 1.165) is 18.4 Å². The van der Waals surface area contributed by atoms with Crippen LogP contribution in [0.5, 0.6) is 0 Å². The second kappa shape index (κ2) is 8.73. The molecular weight excluding hydrogens is 284 g/mol. The number of ether oxygens (including phenoxy) is 2. The summed E-state index contributed by atoms with van der Waals surface area (Å²) in [7, 11) is 3.24. The van der Waals surface area contributed by atoms with E-state index in [1.165, 1.54) is 5.06 Å². The van der Waals surface area contributed by atoms with E-state index in [-0.39, 0.29) is 12.3 Å². The van der Waals surface area contributed by atoms with Crippen molar-refractivity contribution >= 4 is 6.03 Å². The number of hydrogen-bond acceptors (Lipinski definition) is 4. The zero-order valence-corrected chi connectivity index (χ0v) is 13.2. The van der Waals surface area contributed by atoms with Crippen molar-refractivity contribution in [3.63, 3.8) is 0 Å². The largest absolute Gasteiger partial charge is 0.356 e. The summed E-state index contributed by atoms with van der Waals surface area (Å²) in [6.07, 6.45) is 1.40. The van der Waals surface area contributed by atoms with Gasteiger partial charge in [-0.1, -0.05) is 30.3 Å². The Labute approximate surface area is 131 Å². The fourth-order valence-corrected chi connectivity index (χ4v) is 2.40. The zero-order valence-electron chi connectivity index (χ0n) is 13.2. The van der Waals surface area contributed by atoms with Gasteiger partial charge in [0.2, 0.25) is 0 Å². The summed E-state index contributed by atoms with van der Waals surface area (Å²) in [6.45, 7) is 2.39. The van der Waals surface area contributed by atoms with Crippen LogP contribution in [0.4, 0.5) is 4.79 Å². The van der Waals surface area contributed by atoms with Crippen LogP contribution < -0.4 is 0 Å². The molecule has 0 saturated carbocycles. The molecule has 0 N–H and O–H groups in total. The van der Waals surface area contributed by atoms with Crippen molar-refractivity contribution in [1.82, 2.24) is 9.96 Å². The van der Waals surface area contributed by atoms with Crippen LogP contribution in [0.25, 0.3) is 0 Å². The lowest BCUT2D eigenvalue weighted by Gasteiger charge is -2.19. The molecule has 2 rings (SSSR count). The van der Waals surface area contributed by atoms with Crippen molar-refractivity contribution in [2.45, 2.75) is 25.7 Å². The summed E-state index contributed by atoms with van der Waals surface area (Å²) in [5, 5.41) is 1.44. The van der Waals surface area contributed by atoms with Crippen LogP contribution >= 0.6 is 0 Å². The van der Waals surface area contributed by atoms with Crippen LogP contribution in [0.3, 0.4) is 0 Å². The Bertz CT molecular complexity index is 451. The molecule has 6 heteroatoms. The molecule has 1 aromatic carbocycles. The molecule has 0 atom stereocenters. The summed E-state index contributed by atoms with van der Waals surface area (Å²) in [5.41, 5.74) is 1.05. The predicted octanol–water partition coefficient (Wildman–Crippen LogP) is 2.25. The monoisotopic (exact) mass is 308 g/mol. The molecule has 1 aliphatic rings. The van der Waals surface area contributed by atoms with Crippen molar-refractivity contribution in [2.24, 2.45) is 0 Å². The normalized spacial score (nSPS) is 15.1. The van der Waals surface area contributed by atoms with Gasteiger partial charge in [0.1, 0.15) is 6.61 Å². The number of urea groups is 1. The first-order valence-electron chi connectivity index (χ1n) is 7.53. The van der Waals surface area contributed by atoms with Gasteiger partial charge >= 0.3 is 6.03 Å². The quantitative estimate of drug-likeness (QED) is 0.657. The smallest absolute Gasteiger partial charge is 0.344 e. The Balaban J connectivity index is 1.70. The highest BCUT2D eigenvalue weighted by molar-refractivity contribution is 5.75. The molecule has 0 aliphatic carbocycles. The average Bonchev–Trinajstić information content (AvgIpc) is 2.91. The third-order valence-corrected chi connectivity index (χ3v) is 3.68. The van der Waals surface area contributed by atoms with Crippen molar-refractivity contribution in [2.75, 3.05) is 33.9 Å². The van der Waals surface area contributed by atoms with E-state index in [1.807, 2.05) is 30.3 Å². The number of hydroxylamine groups is 2. The maximum atomic E-state index is 12.2. The standard InChI is InChI=1S/C16H24N2O4/c1-20-15(21-2)9-6-10-17-11-12-18(16(17)19)22-13-14-7-4-3-5-8-14/h3-5,7-8,15H,6,9-13H2,1-2H3. The third-order valence-electron chi connectivity index (χ3n) is 3.68. The lowest BCUT2D eigenvalue weighted by Crippen LogP contribution is -2.33. The van der Waals surface area contributed by atoms with E-state index in [9.17, 15) is 4.79 Å². The lowest BCUT2D eigenvalue weighted by molar-refractivity contribution is -0.117. The zero-order chi connectivity index (χ0) is 15.8. The highest BCUT2D eigenvalue weighted by Crippen LogP contribution is 2.13.